The van der Waals surface area contributed by atoms with Crippen molar-refractivity contribution >= 4 is 17.0 Å². The highest BCUT2D eigenvalue weighted by Gasteiger charge is 2.17. The summed E-state index contributed by atoms with van der Waals surface area (Å²) >= 11 is 0. The summed E-state index contributed by atoms with van der Waals surface area (Å²) in [6.45, 7) is 6.16. The third-order valence-electron chi connectivity index (χ3n) is 5.99. The average Bonchev–Trinajstić information content (AvgIpc) is 2.88. The Bertz CT molecular complexity index is 1510. The molecule has 172 valence electrons. The minimum atomic E-state index is -0.408. The maximum absolute atomic E-state index is 13.1. The molecule has 0 atom stereocenters. The lowest BCUT2D eigenvalue weighted by atomic mass is 10.0. The smallest absolute Gasteiger partial charge is 0.343 e. The lowest BCUT2D eigenvalue weighted by Gasteiger charge is -2.14. The molecule has 0 bridgehead atoms. The number of hydrogen-bond acceptors (Lipinski definition) is 4. The van der Waals surface area contributed by atoms with Crippen LogP contribution in [0.1, 0.15) is 41.3 Å². The van der Waals surface area contributed by atoms with Gasteiger partial charge in [0.15, 0.2) is 0 Å². The largest absolute Gasteiger partial charge is 0.423 e. The van der Waals surface area contributed by atoms with E-state index < -0.39 is 5.97 Å². The van der Waals surface area contributed by atoms with Crippen molar-refractivity contribution in [1.82, 2.24) is 9.97 Å². The molecule has 0 aliphatic rings. The van der Waals surface area contributed by atoms with Crippen molar-refractivity contribution in [3.05, 3.63) is 114 Å². The number of aryl methyl sites for hydroxylation is 1. The number of ether oxygens (including phenoxy) is 1. The van der Waals surface area contributed by atoms with E-state index in [-0.39, 0.29) is 5.92 Å². The SMILES string of the molecule is Cc1ccc(C(C)C)c(OC(=O)c2ccc3nc(-c4ccccc4)c(-c4ccccc4)nc3c2)c1. The summed E-state index contributed by atoms with van der Waals surface area (Å²) in [6.07, 6.45) is 0. The first-order valence-electron chi connectivity index (χ1n) is 11.7. The third kappa shape index (κ3) is 4.69. The van der Waals surface area contributed by atoms with E-state index in [1.807, 2.05) is 91.9 Å². The summed E-state index contributed by atoms with van der Waals surface area (Å²) in [7, 11) is 0. The van der Waals surface area contributed by atoms with E-state index in [1.54, 1.807) is 12.1 Å². The van der Waals surface area contributed by atoms with Gasteiger partial charge < -0.3 is 4.74 Å². The fourth-order valence-corrected chi connectivity index (χ4v) is 4.14. The number of aromatic nitrogens is 2. The van der Waals surface area contributed by atoms with E-state index in [1.165, 1.54) is 0 Å². The molecule has 0 N–H and O–H groups in total. The van der Waals surface area contributed by atoms with Crippen molar-refractivity contribution in [1.29, 1.82) is 0 Å². The molecular formula is C31H26N2O2. The molecule has 0 spiro atoms. The Morgan fingerprint density at radius 2 is 1.31 bits per heavy atom. The van der Waals surface area contributed by atoms with Crippen LogP contribution in [0, 0.1) is 6.92 Å². The summed E-state index contributed by atoms with van der Waals surface area (Å²) in [6, 6.07) is 31.3. The Labute approximate surface area is 205 Å². The fourth-order valence-electron chi connectivity index (χ4n) is 4.14. The maximum Gasteiger partial charge on any atom is 0.343 e. The average molecular weight is 459 g/mol. The van der Waals surface area contributed by atoms with Crippen molar-refractivity contribution in [3.8, 4) is 28.3 Å². The molecule has 0 unspecified atom stereocenters. The Morgan fingerprint density at radius 1 is 0.714 bits per heavy atom. The molecule has 1 heterocycles. The van der Waals surface area contributed by atoms with Crippen molar-refractivity contribution in [2.24, 2.45) is 0 Å². The van der Waals surface area contributed by atoms with Gasteiger partial charge in [-0.1, -0.05) is 86.6 Å². The number of rotatable bonds is 5. The van der Waals surface area contributed by atoms with Crippen LogP contribution < -0.4 is 4.74 Å². The first kappa shape index (κ1) is 22.5. The third-order valence-corrected chi connectivity index (χ3v) is 5.99. The van der Waals surface area contributed by atoms with Crippen LogP contribution in [0.25, 0.3) is 33.5 Å². The first-order valence-corrected chi connectivity index (χ1v) is 11.7. The van der Waals surface area contributed by atoms with Gasteiger partial charge in [-0.2, -0.15) is 0 Å². The van der Waals surface area contributed by atoms with Crippen molar-refractivity contribution in [2.45, 2.75) is 26.7 Å². The number of benzene rings is 4. The Balaban J connectivity index is 1.58. The van der Waals surface area contributed by atoms with E-state index in [9.17, 15) is 4.79 Å². The fraction of sp³-hybridized carbons (Fsp3) is 0.129. The predicted molar refractivity (Wildman–Crippen MR) is 141 cm³/mol. The summed E-state index contributed by atoms with van der Waals surface area (Å²) in [4.78, 5) is 23.0. The van der Waals surface area contributed by atoms with Gasteiger partial charge in [0.05, 0.1) is 28.0 Å². The molecule has 0 saturated heterocycles. The highest BCUT2D eigenvalue weighted by Crippen LogP contribution is 2.32. The van der Waals surface area contributed by atoms with Gasteiger partial charge in [-0.05, 0) is 48.2 Å². The molecule has 4 nitrogen and oxygen atoms in total. The minimum Gasteiger partial charge on any atom is -0.423 e. The van der Waals surface area contributed by atoms with Crippen LogP contribution in [0.2, 0.25) is 0 Å². The molecule has 0 aliphatic heterocycles. The van der Waals surface area contributed by atoms with Crippen LogP contribution in [0.5, 0.6) is 5.75 Å². The summed E-state index contributed by atoms with van der Waals surface area (Å²) in [5, 5.41) is 0. The van der Waals surface area contributed by atoms with Gasteiger partial charge >= 0.3 is 5.97 Å². The lowest BCUT2D eigenvalue weighted by molar-refractivity contribution is 0.0733. The molecule has 0 amide bonds. The molecule has 0 radical (unpaired) electrons. The van der Waals surface area contributed by atoms with Gasteiger partial charge in [0.2, 0.25) is 0 Å². The summed E-state index contributed by atoms with van der Waals surface area (Å²) < 4.78 is 5.84. The number of hydrogen-bond donors (Lipinski definition) is 0. The maximum atomic E-state index is 13.1. The topological polar surface area (TPSA) is 52.1 Å². The van der Waals surface area contributed by atoms with Crippen LogP contribution in [0.3, 0.4) is 0 Å². The van der Waals surface area contributed by atoms with E-state index in [2.05, 4.69) is 13.8 Å². The van der Waals surface area contributed by atoms with Gasteiger partial charge in [-0.3, -0.25) is 0 Å². The van der Waals surface area contributed by atoms with Crippen LogP contribution in [-0.4, -0.2) is 15.9 Å². The van der Waals surface area contributed by atoms with Crippen LogP contribution in [0.15, 0.2) is 97.1 Å². The normalized spacial score (nSPS) is 11.1. The van der Waals surface area contributed by atoms with Crippen molar-refractivity contribution in [3.63, 3.8) is 0 Å². The zero-order valence-corrected chi connectivity index (χ0v) is 20.0. The zero-order chi connectivity index (χ0) is 24.4. The quantitative estimate of drug-likeness (QED) is 0.201. The number of esters is 1. The molecule has 4 heteroatoms. The minimum absolute atomic E-state index is 0.241. The monoisotopic (exact) mass is 458 g/mol. The lowest BCUT2D eigenvalue weighted by Crippen LogP contribution is -2.11. The predicted octanol–water partition coefficient (Wildman–Crippen LogP) is 7.61. The van der Waals surface area contributed by atoms with Gasteiger partial charge in [0.25, 0.3) is 0 Å². The van der Waals surface area contributed by atoms with Gasteiger partial charge in [0.1, 0.15) is 5.75 Å². The second-order valence-corrected chi connectivity index (χ2v) is 8.94. The van der Waals surface area contributed by atoms with E-state index in [0.29, 0.717) is 16.8 Å². The molecule has 1 aromatic heterocycles. The summed E-state index contributed by atoms with van der Waals surface area (Å²) in [5.74, 6) is 0.431. The van der Waals surface area contributed by atoms with E-state index in [4.69, 9.17) is 14.7 Å². The van der Waals surface area contributed by atoms with E-state index in [0.717, 1.165) is 39.2 Å². The molecule has 35 heavy (non-hydrogen) atoms. The zero-order valence-electron chi connectivity index (χ0n) is 20.0. The summed E-state index contributed by atoms with van der Waals surface area (Å²) in [5.41, 5.74) is 7.39. The number of nitrogens with zero attached hydrogens (tertiary/aromatic N) is 2. The van der Waals surface area contributed by atoms with Crippen molar-refractivity contribution in [2.75, 3.05) is 0 Å². The van der Waals surface area contributed by atoms with Crippen LogP contribution in [-0.2, 0) is 0 Å². The van der Waals surface area contributed by atoms with Gasteiger partial charge in [0, 0.05) is 11.1 Å². The standard InChI is InChI=1S/C31H26N2O2/c1-20(2)25-16-14-21(3)18-28(25)35-31(34)24-15-17-26-27(19-24)33-30(23-12-8-5-9-13-23)29(32-26)22-10-6-4-7-11-22/h4-20H,1-3H3. The van der Waals surface area contributed by atoms with Crippen LogP contribution in [0.4, 0.5) is 0 Å². The van der Waals surface area contributed by atoms with Gasteiger partial charge in [-0.25, -0.2) is 14.8 Å². The second-order valence-electron chi connectivity index (χ2n) is 8.94. The number of fused-ring (bicyclic) bond motifs is 1. The molecule has 0 aliphatic carbocycles. The molecule has 0 saturated carbocycles. The van der Waals surface area contributed by atoms with Crippen LogP contribution >= 0.6 is 0 Å². The highest BCUT2D eigenvalue weighted by molar-refractivity contribution is 5.96. The molecule has 0 fully saturated rings. The van der Waals surface area contributed by atoms with E-state index >= 15 is 0 Å². The number of carbonyl (C=O) groups excluding carboxylic acids is 1. The Hall–Kier alpha value is -4.31. The second kappa shape index (κ2) is 9.51. The number of carbonyl (C=O) groups is 1. The first-order chi connectivity index (χ1) is 17.0. The Kier molecular flexibility index (Phi) is 6.11. The Morgan fingerprint density at radius 3 is 1.91 bits per heavy atom. The molecular weight excluding hydrogens is 432 g/mol. The molecule has 5 rings (SSSR count). The molecule has 4 aromatic carbocycles. The highest BCUT2D eigenvalue weighted by atomic mass is 16.5. The molecule has 5 aromatic rings. The van der Waals surface area contributed by atoms with Crippen molar-refractivity contribution < 1.29 is 9.53 Å². The van der Waals surface area contributed by atoms with Gasteiger partial charge in [-0.15, -0.1) is 0 Å².